The van der Waals surface area contributed by atoms with Crippen molar-refractivity contribution in [3.05, 3.63) is 34.9 Å². The molecule has 0 N–H and O–H groups in total. The van der Waals surface area contributed by atoms with Crippen molar-refractivity contribution in [1.29, 1.82) is 0 Å². The molecule has 17 heavy (non-hydrogen) atoms. The number of carboxylic acids is 2. The van der Waals surface area contributed by atoms with Gasteiger partial charge < -0.3 is 19.8 Å². The Hall–Kier alpha value is -1.55. The zero-order chi connectivity index (χ0) is 13.0. The Balaban J connectivity index is 3.08. The van der Waals surface area contributed by atoms with Crippen LogP contribution in [0, 0.1) is 5.92 Å². The van der Waals surface area contributed by atoms with Gasteiger partial charge >= 0.3 is 0 Å². The number of carboxylic acid groups (broad SMARTS) is 2. The summed E-state index contributed by atoms with van der Waals surface area (Å²) in [5, 5.41) is 22.1. The normalized spacial score (nSPS) is 12.4. The number of rotatable bonds is 5. The first kappa shape index (κ1) is 13.5. The van der Waals surface area contributed by atoms with E-state index in [0.29, 0.717) is 17.0 Å². The Labute approximate surface area is 104 Å². The summed E-state index contributed by atoms with van der Waals surface area (Å²) in [7, 11) is 0. The van der Waals surface area contributed by atoms with Crippen LogP contribution in [0.25, 0.3) is 0 Å². The van der Waals surface area contributed by atoms with Gasteiger partial charge in [0.2, 0.25) is 0 Å². The molecule has 0 aliphatic carbocycles. The highest BCUT2D eigenvalue weighted by molar-refractivity contribution is 6.30. The molecule has 0 heterocycles. The van der Waals surface area contributed by atoms with Crippen LogP contribution < -0.4 is 10.2 Å². The monoisotopic (exact) mass is 254 g/mol. The molecule has 0 fully saturated rings. The van der Waals surface area contributed by atoms with Crippen molar-refractivity contribution < 1.29 is 19.8 Å². The van der Waals surface area contributed by atoms with Gasteiger partial charge in [-0.05, 0) is 30.0 Å². The number of benzene rings is 1. The van der Waals surface area contributed by atoms with Crippen LogP contribution in [0.15, 0.2) is 24.3 Å². The molecule has 0 aliphatic heterocycles. The van der Waals surface area contributed by atoms with Gasteiger partial charge in [0.15, 0.2) is 0 Å². The fourth-order valence-electron chi connectivity index (χ4n) is 1.80. The third kappa shape index (κ3) is 3.20. The fraction of sp³-hybridized carbons (Fsp3) is 0.333. The highest BCUT2D eigenvalue weighted by Gasteiger charge is 2.24. The number of hydrogen-bond acceptors (Lipinski definition) is 4. The minimum absolute atomic E-state index is 0.355. The molecule has 0 amide bonds. The molecule has 92 valence electrons. The van der Waals surface area contributed by atoms with Crippen LogP contribution in [-0.2, 0) is 9.59 Å². The van der Waals surface area contributed by atoms with E-state index >= 15 is 0 Å². The lowest BCUT2D eigenvalue weighted by molar-refractivity contribution is -0.332. The predicted octanol–water partition coefficient (Wildman–Crippen LogP) is -0.0504. The maximum Gasteiger partial charge on any atom is 0.0507 e. The quantitative estimate of drug-likeness (QED) is 0.690. The van der Waals surface area contributed by atoms with Gasteiger partial charge in [-0.3, -0.25) is 0 Å². The molecule has 4 nitrogen and oxygen atoms in total. The number of hydrogen-bond donors (Lipinski definition) is 0. The second-order valence-corrected chi connectivity index (χ2v) is 4.12. The third-order valence-electron chi connectivity index (χ3n) is 2.65. The molecule has 1 aromatic rings. The summed E-state index contributed by atoms with van der Waals surface area (Å²) in [4.78, 5) is 21.6. The average molecular weight is 255 g/mol. The molecule has 1 atom stereocenters. The Morgan fingerprint density at radius 3 is 2.00 bits per heavy atom. The minimum atomic E-state index is -1.65. The van der Waals surface area contributed by atoms with Crippen molar-refractivity contribution in [2.24, 2.45) is 5.92 Å². The highest BCUT2D eigenvalue weighted by atomic mass is 35.5. The van der Waals surface area contributed by atoms with Gasteiger partial charge in [0.25, 0.3) is 0 Å². The lowest BCUT2D eigenvalue weighted by Gasteiger charge is -2.28. The third-order valence-corrected chi connectivity index (χ3v) is 2.90. The summed E-state index contributed by atoms with van der Waals surface area (Å²) in [5.41, 5.74) is 0.593. The van der Waals surface area contributed by atoms with Gasteiger partial charge in [0.05, 0.1) is 11.9 Å². The summed E-state index contributed by atoms with van der Waals surface area (Å²) in [6.07, 6.45) is 0.355. The van der Waals surface area contributed by atoms with Crippen molar-refractivity contribution in [3.8, 4) is 0 Å². The molecular formula is C12H11ClO4-2. The standard InChI is InChI=1S/C12H13ClO4/c1-2-9(10(11(14)15)12(16)17)7-3-5-8(13)6-4-7/h3-6,9-10H,2H2,1H3,(H,14,15)(H,16,17)/p-2/t9-/m0/s1. The number of halogens is 1. The molecule has 0 radical (unpaired) electrons. The smallest absolute Gasteiger partial charge is 0.0507 e. The van der Waals surface area contributed by atoms with E-state index in [9.17, 15) is 19.8 Å². The first-order chi connectivity index (χ1) is 7.97. The van der Waals surface area contributed by atoms with Gasteiger partial charge in [-0.2, -0.15) is 0 Å². The summed E-state index contributed by atoms with van der Waals surface area (Å²) in [6.45, 7) is 1.71. The van der Waals surface area contributed by atoms with Crippen molar-refractivity contribution >= 4 is 23.5 Å². The van der Waals surface area contributed by atoms with Crippen molar-refractivity contribution in [2.75, 3.05) is 0 Å². The van der Waals surface area contributed by atoms with Crippen molar-refractivity contribution in [3.63, 3.8) is 0 Å². The van der Waals surface area contributed by atoms with Gasteiger partial charge in [0, 0.05) is 10.9 Å². The molecule has 0 saturated carbocycles. The molecule has 0 spiro atoms. The lowest BCUT2D eigenvalue weighted by atomic mass is 9.84. The summed E-state index contributed by atoms with van der Waals surface area (Å²) < 4.78 is 0. The largest absolute Gasteiger partial charge is 0.549 e. The molecule has 0 bridgehead atoms. The molecule has 1 aromatic carbocycles. The van der Waals surface area contributed by atoms with Gasteiger partial charge in [-0.1, -0.05) is 30.7 Å². The summed E-state index contributed by atoms with van der Waals surface area (Å²) in [6, 6.07) is 6.38. The second-order valence-electron chi connectivity index (χ2n) is 3.68. The second kappa shape index (κ2) is 5.68. The van der Waals surface area contributed by atoms with E-state index in [1.165, 1.54) is 0 Å². The van der Waals surface area contributed by atoms with Crippen molar-refractivity contribution in [1.82, 2.24) is 0 Å². The van der Waals surface area contributed by atoms with E-state index in [4.69, 9.17) is 11.6 Å². The number of aliphatic carboxylic acids is 2. The lowest BCUT2D eigenvalue weighted by Crippen LogP contribution is -2.46. The van der Waals surface area contributed by atoms with E-state index in [-0.39, 0.29) is 0 Å². The van der Waals surface area contributed by atoms with E-state index in [1.807, 2.05) is 0 Å². The Kier molecular flexibility index (Phi) is 4.52. The minimum Gasteiger partial charge on any atom is -0.549 e. The predicted molar refractivity (Wildman–Crippen MR) is 58.0 cm³/mol. The van der Waals surface area contributed by atoms with Crippen LogP contribution in [0.3, 0.4) is 0 Å². The zero-order valence-electron chi connectivity index (χ0n) is 9.18. The maximum atomic E-state index is 10.8. The Bertz CT molecular complexity index is 399. The molecule has 5 heteroatoms. The van der Waals surface area contributed by atoms with Crippen molar-refractivity contribution in [2.45, 2.75) is 19.3 Å². The van der Waals surface area contributed by atoms with Crippen LogP contribution >= 0.6 is 11.6 Å². The van der Waals surface area contributed by atoms with Crippen LogP contribution in [0.4, 0.5) is 0 Å². The highest BCUT2D eigenvalue weighted by Crippen LogP contribution is 2.28. The van der Waals surface area contributed by atoms with Gasteiger partial charge in [-0.15, -0.1) is 0 Å². The Morgan fingerprint density at radius 2 is 1.65 bits per heavy atom. The van der Waals surface area contributed by atoms with Crippen LogP contribution in [0.5, 0.6) is 0 Å². The molecule has 0 unspecified atom stereocenters. The number of carbonyl (C=O) groups excluding carboxylic acids is 2. The van der Waals surface area contributed by atoms with Crippen LogP contribution in [0.1, 0.15) is 24.8 Å². The van der Waals surface area contributed by atoms with E-state index in [0.717, 1.165) is 0 Å². The molecular weight excluding hydrogens is 244 g/mol. The van der Waals surface area contributed by atoms with E-state index in [1.54, 1.807) is 31.2 Å². The van der Waals surface area contributed by atoms with Gasteiger partial charge in [-0.25, -0.2) is 0 Å². The number of carbonyl (C=O) groups is 2. The van der Waals surface area contributed by atoms with E-state index < -0.39 is 23.8 Å². The fourth-order valence-corrected chi connectivity index (χ4v) is 1.92. The summed E-state index contributed by atoms with van der Waals surface area (Å²) >= 11 is 5.71. The molecule has 0 saturated heterocycles. The topological polar surface area (TPSA) is 80.3 Å². The molecule has 1 rings (SSSR count). The molecule has 0 aromatic heterocycles. The Morgan fingerprint density at radius 1 is 1.18 bits per heavy atom. The van der Waals surface area contributed by atoms with Crippen LogP contribution in [0.2, 0.25) is 5.02 Å². The van der Waals surface area contributed by atoms with Crippen LogP contribution in [-0.4, -0.2) is 11.9 Å². The maximum absolute atomic E-state index is 10.8. The molecule has 0 aliphatic rings. The first-order valence-electron chi connectivity index (χ1n) is 5.14. The van der Waals surface area contributed by atoms with Gasteiger partial charge in [0.1, 0.15) is 0 Å². The average Bonchev–Trinajstić information content (AvgIpc) is 2.26. The SMILES string of the molecule is CC[C@@H](c1ccc(Cl)cc1)C(C(=O)[O-])C(=O)[O-]. The zero-order valence-corrected chi connectivity index (χ0v) is 9.94. The summed E-state index contributed by atoms with van der Waals surface area (Å²) in [5.74, 6) is -5.60. The first-order valence-corrected chi connectivity index (χ1v) is 5.52. The van der Waals surface area contributed by atoms with E-state index in [2.05, 4.69) is 0 Å².